The second kappa shape index (κ2) is 10.4. The summed E-state index contributed by atoms with van der Waals surface area (Å²) in [5.41, 5.74) is 0.0992. The maximum absolute atomic E-state index is 11.3. The van der Waals surface area contributed by atoms with Crippen molar-refractivity contribution in [3.8, 4) is 11.5 Å². The number of benzene rings is 1. The molecule has 0 aliphatic carbocycles. The number of hydrogen-bond acceptors (Lipinski definition) is 5. The molecule has 5 heteroatoms. The van der Waals surface area contributed by atoms with Crippen molar-refractivity contribution in [2.24, 2.45) is 17.8 Å². The molecule has 1 aromatic carbocycles. The molecule has 0 spiro atoms. The molecule has 168 valence electrons. The van der Waals surface area contributed by atoms with Gasteiger partial charge in [-0.15, -0.1) is 0 Å². The number of methoxy groups -OCH3 is 2. The molecule has 1 heterocycles. The molecular weight excluding hydrogens is 378 g/mol. The third-order valence-electron chi connectivity index (χ3n) is 5.70. The second-order valence-electron chi connectivity index (χ2n) is 9.12. The molecule has 5 nitrogen and oxygen atoms in total. The van der Waals surface area contributed by atoms with E-state index in [1.54, 1.807) is 14.2 Å². The van der Waals surface area contributed by atoms with Crippen molar-refractivity contribution in [1.82, 2.24) is 4.90 Å². The van der Waals surface area contributed by atoms with E-state index in [0.29, 0.717) is 24.8 Å². The fourth-order valence-electron chi connectivity index (χ4n) is 4.15. The van der Waals surface area contributed by atoms with Crippen LogP contribution in [-0.2, 0) is 18.7 Å². The highest BCUT2D eigenvalue weighted by Crippen LogP contribution is 2.38. The first-order valence-corrected chi connectivity index (χ1v) is 10.9. The summed E-state index contributed by atoms with van der Waals surface area (Å²) in [5, 5.41) is 11.3. The lowest BCUT2D eigenvalue weighted by atomic mass is 9.78. The monoisotopic (exact) mass is 417 g/mol. The molecule has 0 saturated carbocycles. The zero-order valence-electron chi connectivity index (χ0n) is 19.9. The third kappa shape index (κ3) is 5.38. The highest BCUT2D eigenvalue weighted by Gasteiger charge is 2.39. The van der Waals surface area contributed by atoms with Crippen LogP contribution in [-0.4, -0.2) is 30.8 Å². The van der Waals surface area contributed by atoms with Crippen LogP contribution in [0.5, 0.6) is 11.5 Å². The summed E-state index contributed by atoms with van der Waals surface area (Å²) in [6, 6.07) is 9.88. The van der Waals surface area contributed by atoms with Gasteiger partial charge in [-0.3, -0.25) is 4.90 Å². The van der Waals surface area contributed by atoms with E-state index >= 15 is 0 Å². The predicted molar refractivity (Wildman–Crippen MR) is 121 cm³/mol. The first-order chi connectivity index (χ1) is 14.1. The number of furan rings is 1. The van der Waals surface area contributed by atoms with Crippen molar-refractivity contribution < 1.29 is 19.0 Å². The molecular formula is C25H39NO4. The summed E-state index contributed by atoms with van der Waals surface area (Å²) in [7, 11) is 3.33. The Hall–Kier alpha value is -1.98. The summed E-state index contributed by atoms with van der Waals surface area (Å²) >= 11 is 0. The summed E-state index contributed by atoms with van der Waals surface area (Å²) in [4.78, 5) is 2.34. The Balaban J connectivity index is 2.28. The largest absolute Gasteiger partial charge is 0.493 e. The van der Waals surface area contributed by atoms with Crippen LogP contribution < -0.4 is 9.47 Å². The standard InChI is InChI=1S/C25H39NO4/c1-17(2)14-26(15-20-10-9-11-22(28-7)24(20)29-8)16-21-12-13-23(30-21)25(27,18(3)4)19(5)6/h9-13,17-19,27H,14-16H2,1-8H3. The number of ether oxygens (including phenoxy) is 2. The lowest BCUT2D eigenvalue weighted by Crippen LogP contribution is -2.37. The Labute approximate surface area is 182 Å². The Kier molecular flexibility index (Phi) is 8.39. The fourth-order valence-corrected chi connectivity index (χ4v) is 4.15. The van der Waals surface area contributed by atoms with Crippen molar-refractivity contribution >= 4 is 0 Å². The van der Waals surface area contributed by atoms with E-state index in [-0.39, 0.29) is 11.8 Å². The van der Waals surface area contributed by atoms with E-state index in [1.807, 2.05) is 52.0 Å². The summed E-state index contributed by atoms with van der Waals surface area (Å²) in [6.45, 7) is 14.8. The Bertz CT molecular complexity index is 786. The van der Waals surface area contributed by atoms with Crippen LogP contribution in [0.1, 0.15) is 58.6 Å². The maximum Gasteiger partial charge on any atom is 0.165 e. The molecule has 2 rings (SSSR count). The van der Waals surface area contributed by atoms with Crippen molar-refractivity contribution in [1.29, 1.82) is 0 Å². The molecule has 1 aromatic heterocycles. The van der Waals surface area contributed by atoms with Crippen LogP contribution in [0.2, 0.25) is 0 Å². The van der Waals surface area contributed by atoms with Gasteiger partial charge in [0.2, 0.25) is 0 Å². The highest BCUT2D eigenvalue weighted by molar-refractivity contribution is 5.46. The van der Waals surface area contributed by atoms with Gasteiger partial charge in [0, 0.05) is 18.7 Å². The predicted octanol–water partition coefficient (Wildman–Crippen LogP) is 5.45. The topological polar surface area (TPSA) is 55.1 Å². The van der Waals surface area contributed by atoms with E-state index in [2.05, 4.69) is 24.8 Å². The van der Waals surface area contributed by atoms with Gasteiger partial charge in [-0.25, -0.2) is 0 Å². The number of para-hydroxylation sites is 1. The highest BCUT2D eigenvalue weighted by atomic mass is 16.5. The van der Waals surface area contributed by atoms with Crippen LogP contribution >= 0.6 is 0 Å². The number of hydrogen-bond donors (Lipinski definition) is 1. The molecule has 0 fully saturated rings. The number of rotatable bonds is 11. The molecule has 0 aliphatic heterocycles. The Morgan fingerprint density at radius 2 is 1.60 bits per heavy atom. The van der Waals surface area contributed by atoms with Crippen molar-refractivity contribution in [2.75, 3.05) is 20.8 Å². The smallest absolute Gasteiger partial charge is 0.165 e. The van der Waals surface area contributed by atoms with Crippen LogP contribution in [0.4, 0.5) is 0 Å². The summed E-state index contributed by atoms with van der Waals surface area (Å²) in [6.07, 6.45) is 0. The summed E-state index contributed by atoms with van der Waals surface area (Å²) in [5.74, 6) is 3.62. The minimum atomic E-state index is -0.975. The molecule has 2 aromatic rings. The van der Waals surface area contributed by atoms with Crippen LogP contribution in [0, 0.1) is 17.8 Å². The molecule has 0 saturated heterocycles. The van der Waals surface area contributed by atoms with E-state index in [9.17, 15) is 5.11 Å². The first kappa shape index (κ1) is 24.3. The fraction of sp³-hybridized carbons (Fsp3) is 0.600. The van der Waals surface area contributed by atoms with E-state index in [0.717, 1.165) is 29.4 Å². The number of nitrogens with zero attached hydrogens (tertiary/aromatic N) is 1. The average molecular weight is 418 g/mol. The van der Waals surface area contributed by atoms with Crippen molar-refractivity contribution in [3.05, 3.63) is 47.4 Å². The van der Waals surface area contributed by atoms with E-state index < -0.39 is 5.60 Å². The maximum atomic E-state index is 11.3. The summed E-state index contributed by atoms with van der Waals surface area (Å²) < 4.78 is 17.2. The van der Waals surface area contributed by atoms with Gasteiger partial charge in [0.05, 0.1) is 20.8 Å². The first-order valence-electron chi connectivity index (χ1n) is 10.9. The minimum Gasteiger partial charge on any atom is -0.493 e. The van der Waals surface area contributed by atoms with Crippen molar-refractivity contribution in [2.45, 2.75) is 60.2 Å². The van der Waals surface area contributed by atoms with Gasteiger partial charge >= 0.3 is 0 Å². The molecule has 0 unspecified atom stereocenters. The molecule has 30 heavy (non-hydrogen) atoms. The number of aliphatic hydroxyl groups is 1. The Morgan fingerprint density at radius 3 is 2.13 bits per heavy atom. The molecule has 0 bridgehead atoms. The molecule has 0 amide bonds. The quantitative estimate of drug-likeness (QED) is 0.526. The van der Waals surface area contributed by atoms with Crippen LogP contribution in [0.25, 0.3) is 0 Å². The molecule has 1 N–H and O–H groups in total. The SMILES string of the molecule is COc1cccc(CN(Cc2ccc(C(O)(C(C)C)C(C)C)o2)CC(C)C)c1OC. The Morgan fingerprint density at radius 1 is 0.933 bits per heavy atom. The van der Waals surface area contributed by atoms with Crippen molar-refractivity contribution in [3.63, 3.8) is 0 Å². The second-order valence-corrected chi connectivity index (χ2v) is 9.12. The molecule has 0 radical (unpaired) electrons. The average Bonchev–Trinajstić information content (AvgIpc) is 3.14. The molecule has 0 aliphatic rings. The van der Waals surface area contributed by atoms with Crippen LogP contribution in [0.3, 0.4) is 0 Å². The van der Waals surface area contributed by atoms with Gasteiger partial charge in [-0.1, -0.05) is 53.7 Å². The lowest BCUT2D eigenvalue weighted by Gasteiger charge is -2.34. The van der Waals surface area contributed by atoms with E-state index in [4.69, 9.17) is 13.9 Å². The molecule has 0 atom stereocenters. The van der Waals surface area contributed by atoms with Gasteiger partial charge < -0.3 is 19.0 Å². The van der Waals surface area contributed by atoms with Gasteiger partial charge in [-0.05, 0) is 36.0 Å². The third-order valence-corrected chi connectivity index (χ3v) is 5.70. The van der Waals surface area contributed by atoms with E-state index in [1.165, 1.54) is 0 Å². The van der Waals surface area contributed by atoms with Gasteiger partial charge in [-0.2, -0.15) is 0 Å². The zero-order chi connectivity index (χ0) is 22.5. The zero-order valence-corrected chi connectivity index (χ0v) is 19.9. The lowest BCUT2D eigenvalue weighted by molar-refractivity contribution is -0.0712. The normalized spacial score (nSPS) is 12.4. The van der Waals surface area contributed by atoms with Gasteiger partial charge in [0.1, 0.15) is 17.1 Å². The van der Waals surface area contributed by atoms with Gasteiger partial charge in [0.25, 0.3) is 0 Å². The van der Waals surface area contributed by atoms with Crippen LogP contribution in [0.15, 0.2) is 34.7 Å². The minimum absolute atomic E-state index is 0.0595. The van der Waals surface area contributed by atoms with Gasteiger partial charge in [0.15, 0.2) is 11.5 Å².